The van der Waals surface area contributed by atoms with Crippen molar-refractivity contribution in [3.8, 4) is 5.69 Å². The number of nitrogens with one attached hydrogen (secondary N) is 2. The highest BCUT2D eigenvalue weighted by atomic mass is 16.2. The molecule has 1 heterocycles. The summed E-state index contributed by atoms with van der Waals surface area (Å²) in [5.74, 6) is -0.209. The van der Waals surface area contributed by atoms with Crippen molar-refractivity contribution in [2.24, 2.45) is 0 Å². The Morgan fingerprint density at radius 1 is 1.08 bits per heavy atom. The van der Waals surface area contributed by atoms with E-state index in [1.165, 1.54) is 6.92 Å². The first-order chi connectivity index (χ1) is 12.4. The van der Waals surface area contributed by atoms with Crippen LogP contribution in [0.1, 0.15) is 22.8 Å². The van der Waals surface area contributed by atoms with Crippen LogP contribution in [0.25, 0.3) is 5.69 Å². The molecule has 0 saturated carbocycles. The minimum Gasteiger partial charge on any atom is -0.394 e. The van der Waals surface area contributed by atoms with E-state index < -0.39 is 0 Å². The van der Waals surface area contributed by atoms with E-state index in [1.807, 2.05) is 31.2 Å². The van der Waals surface area contributed by atoms with Gasteiger partial charge in [-0.2, -0.15) is 0 Å². The normalized spacial score (nSPS) is 10.4. The maximum absolute atomic E-state index is 12.4. The molecule has 0 spiro atoms. The lowest BCUT2D eigenvalue weighted by molar-refractivity contribution is -0.114. The van der Waals surface area contributed by atoms with Gasteiger partial charge in [0.2, 0.25) is 5.91 Å². The largest absolute Gasteiger partial charge is 0.394 e. The van der Waals surface area contributed by atoms with E-state index >= 15 is 0 Å². The predicted molar refractivity (Wildman–Crippen MR) is 101 cm³/mol. The second-order valence-corrected chi connectivity index (χ2v) is 5.93. The van der Waals surface area contributed by atoms with Crippen molar-refractivity contribution in [2.75, 3.05) is 16.4 Å². The molecule has 3 rings (SSSR count). The molecule has 132 valence electrons. The van der Waals surface area contributed by atoms with Crippen LogP contribution in [0.4, 0.5) is 17.2 Å². The molecule has 0 aliphatic rings. The molecule has 3 aromatic rings. The molecule has 4 N–H and O–H groups in total. The molecule has 7 nitrogen and oxygen atoms in total. The molecular weight excluding hydrogens is 330 g/mol. The number of rotatable bonds is 4. The van der Waals surface area contributed by atoms with Crippen LogP contribution in [-0.4, -0.2) is 21.6 Å². The van der Waals surface area contributed by atoms with Crippen LogP contribution in [0.3, 0.4) is 0 Å². The highest BCUT2D eigenvalue weighted by molar-refractivity contribution is 6.05. The molecule has 0 saturated heterocycles. The minimum atomic E-state index is -0.333. The molecule has 7 heteroatoms. The number of amides is 2. The first kappa shape index (κ1) is 17.2. The zero-order valence-corrected chi connectivity index (χ0v) is 14.5. The van der Waals surface area contributed by atoms with Gasteiger partial charge in [0.15, 0.2) is 5.82 Å². The fraction of sp³-hybridized carbons (Fsp3) is 0.105. The monoisotopic (exact) mass is 349 g/mol. The highest BCUT2D eigenvalue weighted by Gasteiger charge is 2.12. The Bertz CT molecular complexity index is 960. The van der Waals surface area contributed by atoms with Gasteiger partial charge in [0.25, 0.3) is 5.91 Å². The van der Waals surface area contributed by atoms with E-state index in [-0.39, 0.29) is 11.8 Å². The van der Waals surface area contributed by atoms with Gasteiger partial charge >= 0.3 is 0 Å². The lowest BCUT2D eigenvalue weighted by Crippen LogP contribution is -2.14. The van der Waals surface area contributed by atoms with Crippen molar-refractivity contribution in [1.82, 2.24) is 9.78 Å². The number of nitrogens with zero attached hydrogens (tertiary/aromatic N) is 2. The molecule has 0 aliphatic heterocycles. The van der Waals surface area contributed by atoms with Crippen LogP contribution >= 0.6 is 0 Å². The Kier molecular flexibility index (Phi) is 4.70. The number of aryl methyl sites for hydroxylation is 1. The van der Waals surface area contributed by atoms with Gasteiger partial charge in [0.05, 0.1) is 17.6 Å². The van der Waals surface area contributed by atoms with Crippen molar-refractivity contribution >= 4 is 29.0 Å². The lowest BCUT2D eigenvalue weighted by Gasteiger charge is -2.05. The number of aromatic nitrogens is 2. The Morgan fingerprint density at radius 3 is 2.46 bits per heavy atom. The second-order valence-electron chi connectivity index (χ2n) is 5.93. The lowest BCUT2D eigenvalue weighted by atomic mass is 10.2. The smallest absolute Gasteiger partial charge is 0.256 e. The Balaban J connectivity index is 1.76. The predicted octanol–water partition coefficient (Wildman–Crippen LogP) is 2.97. The number of benzene rings is 2. The molecule has 0 aliphatic carbocycles. The van der Waals surface area contributed by atoms with E-state index in [1.54, 1.807) is 35.1 Å². The first-order valence-corrected chi connectivity index (χ1v) is 8.03. The Hall–Kier alpha value is -3.61. The average molecular weight is 349 g/mol. The summed E-state index contributed by atoms with van der Waals surface area (Å²) in [5, 5.41) is 9.70. The van der Waals surface area contributed by atoms with Gasteiger partial charge in [0.1, 0.15) is 0 Å². The van der Waals surface area contributed by atoms with Crippen molar-refractivity contribution in [2.45, 2.75) is 13.8 Å². The molecule has 0 unspecified atom stereocenters. The number of nitrogens with two attached hydrogens (primary N) is 1. The topological polar surface area (TPSA) is 102 Å². The summed E-state index contributed by atoms with van der Waals surface area (Å²) in [5.41, 5.74) is 9.36. The van der Waals surface area contributed by atoms with Crippen LogP contribution in [0, 0.1) is 6.92 Å². The SMILES string of the molecule is CC(=O)Nc1ccc(C(=O)Nc2nn(-c3cccc(C)c3)cc2N)cc1. The number of carbonyl (C=O) groups is 2. The van der Waals surface area contributed by atoms with Gasteiger partial charge in [-0.3, -0.25) is 9.59 Å². The Labute approximate surface area is 150 Å². The zero-order valence-electron chi connectivity index (χ0n) is 14.5. The third-order valence-corrected chi connectivity index (χ3v) is 3.71. The van der Waals surface area contributed by atoms with E-state index in [4.69, 9.17) is 5.73 Å². The van der Waals surface area contributed by atoms with Crippen LogP contribution in [0.5, 0.6) is 0 Å². The molecule has 1 aromatic heterocycles. The van der Waals surface area contributed by atoms with Crippen LogP contribution in [0.15, 0.2) is 54.7 Å². The van der Waals surface area contributed by atoms with E-state index in [0.717, 1.165) is 11.3 Å². The third kappa shape index (κ3) is 3.89. The fourth-order valence-corrected chi connectivity index (χ4v) is 2.48. The maximum Gasteiger partial charge on any atom is 0.256 e. The van der Waals surface area contributed by atoms with Gasteiger partial charge in [-0.15, -0.1) is 5.10 Å². The van der Waals surface area contributed by atoms with Gasteiger partial charge in [0, 0.05) is 18.2 Å². The fourth-order valence-electron chi connectivity index (χ4n) is 2.48. The molecule has 26 heavy (non-hydrogen) atoms. The van der Waals surface area contributed by atoms with E-state index in [2.05, 4.69) is 15.7 Å². The minimum absolute atomic E-state index is 0.170. The number of nitrogen functional groups attached to an aromatic ring is 1. The van der Waals surface area contributed by atoms with Crippen molar-refractivity contribution < 1.29 is 9.59 Å². The van der Waals surface area contributed by atoms with Gasteiger partial charge in [-0.05, 0) is 48.9 Å². The van der Waals surface area contributed by atoms with Gasteiger partial charge < -0.3 is 16.4 Å². The van der Waals surface area contributed by atoms with Gasteiger partial charge in [-0.1, -0.05) is 12.1 Å². The number of carbonyl (C=O) groups excluding carboxylic acids is 2. The zero-order chi connectivity index (χ0) is 18.7. The maximum atomic E-state index is 12.4. The number of hydrogen-bond acceptors (Lipinski definition) is 4. The molecule has 2 amide bonds. The highest BCUT2D eigenvalue weighted by Crippen LogP contribution is 2.20. The summed E-state index contributed by atoms with van der Waals surface area (Å²) in [4.78, 5) is 23.4. The summed E-state index contributed by atoms with van der Waals surface area (Å²) >= 11 is 0. The molecule has 2 aromatic carbocycles. The quantitative estimate of drug-likeness (QED) is 0.674. The molecule has 0 atom stereocenters. The van der Waals surface area contributed by atoms with Crippen molar-refractivity contribution in [3.05, 3.63) is 65.9 Å². The van der Waals surface area contributed by atoms with E-state index in [0.29, 0.717) is 22.8 Å². The molecule has 0 bridgehead atoms. The summed E-state index contributed by atoms with van der Waals surface area (Å²) in [6.45, 7) is 3.41. The van der Waals surface area contributed by atoms with Gasteiger partial charge in [-0.25, -0.2) is 4.68 Å². The summed E-state index contributed by atoms with van der Waals surface area (Å²) in [6, 6.07) is 14.4. The standard InChI is InChI=1S/C19H19N5O2/c1-12-4-3-5-16(10-12)24-11-17(20)18(23-24)22-19(26)14-6-8-15(9-7-14)21-13(2)25/h3-11H,20H2,1-2H3,(H,21,25)(H,22,23,26). The van der Waals surface area contributed by atoms with Crippen molar-refractivity contribution in [3.63, 3.8) is 0 Å². The third-order valence-electron chi connectivity index (χ3n) is 3.71. The first-order valence-electron chi connectivity index (χ1n) is 8.03. The van der Waals surface area contributed by atoms with E-state index in [9.17, 15) is 9.59 Å². The van der Waals surface area contributed by atoms with Crippen LogP contribution in [-0.2, 0) is 4.79 Å². The number of hydrogen-bond donors (Lipinski definition) is 3. The second kappa shape index (κ2) is 7.10. The molecule has 0 fully saturated rings. The summed E-state index contributed by atoms with van der Waals surface area (Å²) in [6.07, 6.45) is 1.66. The van der Waals surface area contributed by atoms with Crippen LogP contribution in [0.2, 0.25) is 0 Å². The molecule has 0 radical (unpaired) electrons. The number of anilines is 3. The Morgan fingerprint density at radius 2 is 1.81 bits per heavy atom. The molecular formula is C19H19N5O2. The average Bonchev–Trinajstić information content (AvgIpc) is 2.96. The van der Waals surface area contributed by atoms with Crippen LogP contribution < -0.4 is 16.4 Å². The van der Waals surface area contributed by atoms with Crippen molar-refractivity contribution in [1.29, 1.82) is 0 Å². The summed E-state index contributed by atoms with van der Waals surface area (Å²) < 4.78 is 1.62. The summed E-state index contributed by atoms with van der Waals surface area (Å²) in [7, 11) is 0.